The summed E-state index contributed by atoms with van der Waals surface area (Å²) in [5, 5.41) is 7.97. The summed E-state index contributed by atoms with van der Waals surface area (Å²) in [6.45, 7) is 1.19. The van der Waals surface area contributed by atoms with Crippen LogP contribution in [0, 0.1) is 5.92 Å². The number of aliphatic hydroxyl groups excluding tert-OH is 1. The average Bonchev–Trinajstić information content (AvgIpc) is 1.63. The van der Waals surface area contributed by atoms with Gasteiger partial charge >= 0.3 is 0 Å². The van der Waals surface area contributed by atoms with Crippen LogP contribution in [0.5, 0.6) is 0 Å². The van der Waals surface area contributed by atoms with E-state index >= 15 is 0 Å². The minimum atomic E-state index is -2.55. The summed E-state index contributed by atoms with van der Waals surface area (Å²) in [7, 11) is 0. The largest absolute Gasteiger partial charge is 0.364 e. The lowest BCUT2D eigenvalue weighted by atomic mass is 10.1. The number of hydrogen-bond donors (Lipinski definition) is 1. The Kier molecular flexibility index (Phi) is 3.61. The van der Waals surface area contributed by atoms with Crippen LogP contribution in [0.15, 0.2) is 0 Å². The zero-order valence-electron chi connectivity index (χ0n) is 5.02. The Morgan fingerprint density at radius 3 is 1.89 bits per heavy atom. The highest BCUT2D eigenvalue weighted by molar-refractivity contribution is 4.55. The van der Waals surface area contributed by atoms with Crippen molar-refractivity contribution in [3.05, 3.63) is 0 Å². The van der Waals surface area contributed by atoms with Gasteiger partial charge in [0.25, 0.3) is 0 Å². The Balaban J connectivity index is 3.38. The van der Waals surface area contributed by atoms with E-state index in [1.54, 1.807) is 0 Å². The van der Waals surface area contributed by atoms with Crippen LogP contribution in [-0.2, 0) is 0 Å². The number of aliphatic hydroxyl groups is 1. The summed E-state index contributed by atoms with van der Waals surface area (Å²) in [6.07, 6.45) is -5.15. The Labute approximate surface area is 51.5 Å². The standard InChI is InChI=1S/C5H9F3O/c1-3(5(7)8)2-4(6)9/h3-5,9H,2H2,1H3. The summed E-state index contributed by atoms with van der Waals surface area (Å²) in [5.41, 5.74) is 0. The quantitative estimate of drug-likeness (QED) is 0.634. The fourth-order valence-electron chi connectivity index (χ4n) is 0.410. The van der Waals surface area contributed by atoms with E-state index in [9.17, 15) is 13.2 Å². The molecule has 2 unspecified atom stereocenters. The molecular weight excluding hydrogens is 133 g/mol. The molecule has 0 radical (unpaired) electrons. The van der Waals surface area contributed by atoms with Crippen molar-refractivity contribution in [2.75, 3.05) is 0 Å². The Bertz CT molecular complexity index is 74.6. The Hall–Kier alpha value is -0.250. The van der Waals surface area contributed by atoms with Gasteiger partial charge in [0, 0.05) is 12.3 Å². The minimum Gasteiger partial charge on any atom is -0.364 e. The lowest BCUT2D eigenvalue weighted by Gasteiger charge is -2.08. The van der Waals surface area contributed by atoms with E-state index in [1.807, 2.05) is 0 Å². The summed E-state index contributed by atoms with van der Waals surface area (Å²) in [4.78, 5) is 0. The van der Waals surface area contributed by atoms with Crippen molar-refractivity contribution >= 4 is 0 Å². The monoisotopic (exact) mass is 142 g/mol. The molecule has 0 aromatic carbocycles. The molecule has 0 aliphatic rings. The molecule has 0 heterocycles. The van der Waals surface area contributed by atoms with Crippen LogP contribution in [0.2, 0.25) is 0 Å². The topological polar surface area (TPSA) is 20.2 Å². The van der Waals surface area contributed by atoms with E-state index in [0.717, 1.165) is 0 Å². The van der Waals surface area contributed by atoms with Gasteiger partial charge in [-0.05, 0) is 0 Å². The molecule has 0 aromatic rings. The van der Waals surface area contributed by atoms with Crippen molar-refractivity contribution in [1.82, 2.24) is 0 Å². The highest BCUT2D eigenvalue weighted by Gasteiger charge is 2.17. The SMILES string of the molecule is CC(CC(O)F)C(F)F. The number of alkyl halides is 3. The first-order chi connectivity index (χ1) is 4.04. The Morgan fingerprint density at radius 2 is 1.78 bits per heavy atom. The van der Waals surface area contributed by atoms with Gasteiger partial charge in [-0.25, -0.2) is 13.2 Å². The maximum atomic E-state index is 11.5. The molecule has 9 heavy (non-hydrogen) atoms. The lowest BCUT2D eigenvalue weighted by molar-refractivity contribution is -0.0121. The van der Waals surface area contributed by atoms with Gasteiger partial charge in [-0.15, -0.1) is 0 Å². The van der Waals surface area contributed by atoms with Crippen molar-refractivity contribution in [2.45, 2.75) is 26.1 Å². The zero-order valence-corrected chi connectivity index (χ0v) is 5.02. The van der Waals surface area contributed by atoms with E-state index in [2.05, 4.69) is 0 Å². The van der Waals surface area contributed by atoms with Crippen LogP contribution in [-0.4, -0.2) is 17.9 Å². The van der Waals surface area contributed by atoms with E-state index < -0.39 is 25.1 Å². The molecular formula is C5H9F3O. The van der Waals surface area contributed by atoms with Crippen molar-refractivity contribution in [3.8, 4) is 0 Å². The molecule has 0 aliphatic heterocycles. The second kappa shape index (κ2) is 3.71. The summed E-state index contributed by atoms with van der Waals surface area (Å²) >= 11 is 0. The third-order valence-electron chi connectivity index (χ3n) is 0.996. The maximum Gasteiger partial charge on any atom is 0.241 e. The third kappa shape index (κ3) is 4.27. The predicted molar refractivity (Wildman–Crippen MR) is 26.9 cm³/mol. The van der Waals surface area contributed by atoms with E-state index in [-0.39, 0.29) is 0 Å². The molecule has 0 saturated carbocycles. The molecule has 0 aliphatic carbocycles. The molecule has 0 amide bonds. The molecule has 0 saturated heterocycles. The van der Waals surface area contributed by atoms with Crippen LogP contribution >= 0.6 is 0 Å². The highest BCUT2D eigenvalue weighted by Crippen LogP contribution is 2.15. The van der Waals surface area contributed by atoms with Crippen LogP contribution in [0.4, 0.5) is 13.2 Å². The molecule has 0 rings (SSSR count). The number of halogens is 3. The summed E-state index contributed by atoms with van der Waals surface area (Å²) in [6, 6.07) is 0. The van der Waals surface area contributed by atoms with Gasteiger partial charge in [-0.2, -0.15) is 0 Å². The number of rotatable bonds is 3. The van der Waals surface area contributed by atoms with Crippen LogP contribution in [0.1, 0.15) is 13.3 Å². The molecule has 0 fully saturated rings. The first-order valence-corrected chi connectivity index (χ1v) is 2.64. The second-order valence-corrected chi connectivity index (χ2v) is 1.98. The van der Waals surface area contributed by atoms with Crippen molar-refractivity contribution in [1.29, 1.82) is 0 Å². The maximum absolute atomic E-state index is 11.5. The van der Waals surface area contributed by atoms with Gasteiger partial charge < -0.3 is 5.11 Å². The molecule has 4 heteroatoms. The van der Waals surface area contributed by atoms with E-state index in [1.165, 1.54) is 6.92 Å². The van der Waals surface area contributed by atoms with Gasteiger partial charge in [0.1, 0.15) is 0 Å². The fourth-order valence-corrected chi connectivity index (χ4v) is 0.410. The van der Waals surface area contributed by atoms with Gasteiger partial charge in [0.2, 0.25) is 6.43 Å². The van der Waals surface area contributed by atoms with Crippen LogP contribution in [0.25, 0.3) is 0 Å². The minimum absolute atomic E-state index is 0.488. The van der Waals surface area contributed by atoms with Crippen molar-refractivity contribution in [3.63, 3.8) is 0 Å². The van der Waals surface area contributed by atoms with Crippen molar-refractivity contribution in [2.24, 2.45) is 5.92 Å². The molecule has 0 bridgehead atoms. The van der Waals surface area contributed by atoms with Crippen LogP contribution in [0.3, 0.4) is 0 Å². The zero-order chi connectivity index (χ0) is 7.44. The second-order valence-electron chi connectivity index (χ2n) is 1.98. The van der Waals surface area contributed by atoms with Crippen LogP contribution < -0.4 is 0 Å². The van der Waals surface area contributed by atoms with Gasteiger partial charge in [0.05, 0.1) is 0 Å². The van der Waals surface area contributed by atoms with Gasteiger partial charge in [-0.3, -0.25) is 0 Å². The van der Waals surface area contributed by atoms with Gasteiger partial charge in [-0.1, -0.05) is 6.92 Å². The Morgan fingerprint density at radius 1 is 1.33 bits per heavy atom. The summed E-state index contributed by atoms with van der Waals surface area (Å²) in [5.74, 6) is -1.06. The molecule has 0 spiro atoms. The highest BCUT2D eigenvalue weighted by atomic mass is 19.3. The normalized spacial score (nSPS) is 18.0. The van der Waals surface area contributed by atoms with Gasteiger partial charge in [0.15, 0.2) is 6.36 Å². The fraction of sp³-hybridized carbons (Fsp3) is 1.00. The molecule has 0 aromatic heterocycles. The van der Waals surface area contributed by atoms with E-state index in [0.29, 0.717) is 0 Å². The third-order valence-corrected chi connectivity index (χ3v) is 0.996. The van der Waals surface area contributed by atoms with Crippen molar-refractivity contribution < 1.29 is 18.3 Å². The lowest BCUT2D eigenvalue weighted by Crippen LogP contribution is -2.12. The molecule has 1 nitrogen and oxygen atoms in total. The predicted octanol–water partition coefficient (Wildman–Crippen LogP) is 1.57. The average molecular weight is 142 g/mol. The first kappa shape index (κ1) is 8.75. The summed E-state index contributed by atoms with van der Waals surface area (Å²) < 4.78 is 34.6. The molecule has 1 N–H and O–H groups in total. The first-order valence-electron chi connectivity index (χ1n) is 2.64. The molecule has 56 valence electrons. The van der Waals surface area contributed by atoms with E-state index in [4.69, 9.17) is 5.11 Å². The smallest absolute Gasteiger partial charge is 0.241 e. The number of hydrogen-bond acceptors (Lipinski definition) is 1. The molecule has 2 atom stereocenters.